The predicted octanol–water partition coefficient (Wildman–Crippen LogP) is 24.9. The average molecular weight is 1460 g/mol. The van der Waals surface area contributed by atoms with E-state index in [9.17, 15) is 0 Å². The van der Waals surface area contributed by atoms with Gasteiger partial charge in [-0.15, -0.1) is 22.7 Å². The highest BCUT2D eigenvalue weighted by Gasteiger charge is 2.50. The lowest BCUT2D eigenvalue weighted by molar-refractivity contribution is 1.22. The van der Waals surface area contributed by atoms with Crippen LogP contribution in [-0.4, -0.2) is 13.4 Å². The molecule has 0 saturated carbocycles. The molecule has 10 heteroatoms. The van der Waals surface area contributed by atoms with E-state index in [1.807, 2.05) is 22.7 Å². The smallest absolute Gasteiger partial charge is 0.252 e. The molecule has 522 valence electrons. The molecular formula is C102H66B2N6S2. The summed E-state index contributed by atoms with van der Waals surface area (Å²) in [6, 6.07) is 150. The van der Waals surface area contributed by atoms with Gasteiger partial charge in [-0.2, -0.15) is 0 Å². The molecule has 0 unspecified atom stereocenters. The second kappa shape index (κ2) is 25.9. The summed E-state index contributed by atoms with van der Waals surface area (Å²) < 4.78 is 5.00. The SMILES string of the molecule is c1ccc(-c2ccccc2N(c2ccccc2)c2cc3c4c(c2)N(c2cccc5c2sc2ccccc25)c2ccccc2B4c2cc4c(cc2N3c2ccccc2-c2ccccc2)N(c2ccccc2)c2cc(N(c3ccccc3)c3cccc5c3sc3ccccc35)cc3c2B4c2ccccc2N3c2ccccc2)cc1. The molecule has 0 saturated heterocycles. The van der Waals surface area contributed by atoms with Crippen molar-refractivity contribution in [1.29, 1.82) is 0 Å². The van der Waals surface area contributed by atoms with E-state index in [2.05, 4.69) is 430 Å². The Morgan fingerprint density at radius 3 is 1.15 bits per heavy atom. The van der Waals surface area contributed by atoms with E-state index < -0.39 is 0 Å². The van der Waals surface area contributed by atoms with Gasteiger partial charge in [-0.3, -0.25) is 0 Å². The van der Waals surface area contributed by atoms with E-state index in [1.54, 1.807) is 0 Å². The van der Waals surface area contributed by atoms with E-state index in [1.165, 1.54) is 73.1 Å². The van der Waals surface area contributed by atoms with Crippen LogP contribution in [0.4, 0.5) is 102 Å². The predicted molar refractivity (Wildman–Crippen MR) is 481 cm³/mol. The minimum atomic E-state index is -0.264. The van der Waals surface area contributed by atoms with Crippen molar-refractivity contribution in [1.82, 2.24) is 0 Å². The van der Waals surface area contributed by atoms with Crippen molar-refractivity contribution in [3.05, 3.63) is 400 Å². The zero-order valence-electron chi connectivity index (χ0n) is 60.8. The maximum absolute atomic E-state index is 2.67. The van der Waals surface area contributed by atoms with Crippen molar-refractivity contribution in [3.8, 4) is 22.3 Å². The van der Waals surface area contributed by atoms with E-state index in [-0.39, 0.29) is 13.4 Å². The fraction of sp³-hybridized carbons (Fsp3) is 0. The molecule has 0 radical (unpaired) electrons. The summed E-state index contributed by atoms with van der Waals surface area (Å²) in [7, 11) is 0. The Bertz CT molecular complexity index is 6960. The second-order valence-corrected chi connectivity index (χ2v) is 31.5. The first-order valence-electron chi connectivity index (χ1n) is 38.5. The van der Waals surface area contributed by atoms with Crippen molar-refractivity contribution in [2.45, 2.75) is 0 Å². The molecule has 6 nitrogen and oxygen atoms in total. The van der Waals surface area contributed by atoms with Crippen molar-refractivity contribution < 1.29 is 0 Å². The summed E-state index contributed by atoms with van der Waals surface area (Å²) in [5.41, 5.74) is 31.6. The van der Waals surface area contributed by atoms with Gasteiger partial charge in [-0.05, 0) is 171 Å². The van der Waals surface area contributed by atoms with Crippen LogP contribution in [0.1, 0.15) is 0 Å². The number of hydrogen-bond donors (Lipinski definition) is 0. The van der Waals surface area contributed by atoms with Crippen LogP contribution in [0.5, 0.6) is 0 Å². The first-order chi connectivity index (χ1) is 55.6. The molecule has 0 fully saturated rings. The Labute approximate surface area is 658 Å². The molecule has 23 rings (SSSR count). The van der Waals surface area contributed by atoms with Crippen molar-refractivity contribution in [2.24, 2.45) is 0 Å². The highest BCUT2D eigenvalue weighted by atomic mass is 32.1. The van der Waals surface area contributed by atoms with Crippen molar-refractivity contribution in [2.75, 3.05) is 29.4 Å². The Morgan fingerprint density at radius 2 is 0.580 bits per heavy atom. The Morgan fingerprint density at radius 1 is 0.214 bits per heavy atom. The van der Waals surface area contributed by atoms with Gasteiger partial charge in [0, 0.05) is 110 Å². The molecule has 17 aromatic carbocycles. The minimum absolute atomic E-state index is 0.231. The minimum Gasteiger partial charge on any atom is -0.311 e. The monoisotopic (exact) mass is 1460 g/mol. The molecule has 0 bridgehead atoms. The maximum atomic E-state index is 2.67. The Hall–Kier alpha value is -13.9. The molecular weight excluding hydrogens is 1390 g/mol. The number of anilines is 18. The normalized spacial score (nSPS) is 12.9. The zero-order valence-corrected chi connectivity index (χ0v) is 62.4. The van der Waals surface area contributed by atoms with Crippen LogP contribution in [-0.2, 0) is 0 Å². The quantitative estimate of drug-likeness (QED) is 0.113. The molecule has 2 aromatic heterocycles. The van der Waals surface area contributed by atoms with E-state index in [0.29, 0.717) is 0 Å². The fourth-order valence-electron chi connectivity index (χ4n) is 18.7. The van der Waals surface area contributed by atoms with Gasteiger partial charge in [0.15, 0.2) is 0 Å². The summed E-state index contributed by atoms with van der Waals surface area (Å²) in [5.74, 6) is 0. The van der Waals surface area contributed by atoms with Crippen LogP contribution < -0.4 is 62.2 Å². The summed E-state index contributed by atoms with van der Waals surface area (Å²) in [5, 5.41) is 5.02. The number of benzene rings is 17. The summed E-state index contributed by atoms with van der Waals surface area (Å²) in [6.45, 7) is -0.496. The molecule has 0 amide bonds. The number of fused-ring (bicyclic) bond motifs is 14. The van der Waals surface area contributed by atoms with Crippen molar-refractivity contribution in [3.63, 3.8) is 0 Å². The highest BCUT2D eigenvalue weighted by Crippen LogP contribution is 2.56. The highest BCUT2D eigenvalue weighted by molar-refractivity contribution is 7.27. The van der Waals surface area contributed by atoms with Crippen LogP contribution in [0, 0.1) is 0 Å². The van der Waals surface area contributed by atoms with Gasteiger partial charge in [-0.25, -0.2) is 0 Å². The Kier molecular flexibility index (Phi) is 14.8. The summed E-state index contributed by atoms with van der Waals surface area (Å²) in [6.07, 6.45) is 0. The number of para-hydroxylation sites is 8. The topological polar surface area (TPSA) is 19.4 Å². The molecule has 0 N–H and O–H groups in total. The van der Waals surface area contributed by atoms with Gasteiger partial charge >= 0.3 is 0 Å². The average Bonchev–Trinajstić information content (AvgIpc) is 0.731. The zero-order chi connectivity index (χ0) is 73.5. The lowest BCUT2D eigenvalue weighted by Gasteiger charge is -2.48. The van der Waals surface area contributed by atoms with E-state index in [4.69, 9.17) is 0 Å². The molecule has 19 aromatic rings. The third-order valence-electron chi connectivity index (χ3n) is 23.3. The van der Waals surface area contributed by atoms with Gasteiger partial charge < -0.3 is 29.4 Å². The van der Waals surface area contributed by atoms with Crippen LogP contribution >= 0.6 is 22.7 Å². The van der Waals surface area contributed by atoms with Crippen LogP contribution in [0.25, 0.3) is 62.6 Å². The van der Waals surface area contributed by atoms with Gasteiger partial charge in [0.25, 0.3) is 13.4 Å². The molecule has 6 heterocycles. The summed E-state index contributed by atoms with van der Waals surface area (Å²) >= 11 is 3.75. The van der Waals surface area contributed by atoms with Crippen LogP contribution in [0.2, 0.25) is 0 Å². The molecule has 4 aliphatic rings. The first-order valence-corrected chi connectivity index (χ1v) is 40.1. The molecule has 4 aliphatic heterocycles. The molecule has 0 aliphatic carbocycles. The summed E-state index contributed by atoms with van der Waals surface area (Å²) in [4.78, 5) is 15.5. The van der Waals surface area contributed by atoms with Gasteiger partial charge in [0.2, 0.25) is 0 Å². The number of nitrogens with zero attached hydrogens (tertiary/aromatic N) is 6. The maximum Gasteiger partial charge on any atom is 0.252 e. The first kappa shape index (κ1) is 64.1. The molecule has 0 spiro atoms. The molecule has 0 atom stereocenters. The number of hydrogen-bond acceptors (Lipinski definition) is 8. The van der Waals surface area contributed by atoms with Crippen molar-refractivity contribution >= 4 is 212 Å². The van der Waals surface area contributed by atoms with Gasteiger partial charge in [0.1, 0.15) is 0 Å². The van der Waals surface area contributed by atoms with Crippen LogP contribution in [0.15, 0.2) is 400 Å². The Balaban J connectivity index is 0.856. The van der Waals surface area contributed by atoms with E-state index in [0.717, 1.165) is 125 Å². The third kappa shape index (κ3) is 9.92. The lowest BCUT2D eigenvalue weighted by atomic mass is 9.30. The third-order valence-corrected chi connectivity index (χ3v) is 25.7. The fourth-order valence-corrected chi connectivity index (χ4v) is 21.1. The van der Waals surface area contributed by atoms with Gasteiger partial charge in [-0.1, -0.05) is 273 Å². The standard InChI is InChI=1S/C102H66B2N6S2/c1-7-33-67(34-8-1)75-45-19-25-53-85(75)105(69-37-11-3-12-38-69)73-63-95-100-96(64-73)110(90-58-32-50-80-78-48-22-30-60-98(78)112-102(80)90)88-56-28-24-52-82(88)104(100)84-65-83-91(66-92(84)109(95)86-54-26-20-46-76(86)68-35-9-2-10-36-68)108(72-43-17-6-18-44-72)94-62-74(61-93-99(94)103(83)81-51-23-27-55-87(81)107(93)71-41-15-5-16-42-71)106(70-39-13-4-14-40-70)89-57-31-49-79-77-47-21-29-59-97(77)111-101(79)89/h1-66H. The number of rotatable bonds is 12. The number of thiophene rings is 2. The molecule has 112 heavy (non-hydrogen) atoms. The van der Waals surface area contributed by atoms with Crippen LogP contribution in [0.3, 0.4) is 0 Å². The lowest BCUT2D eigenvalue weighted by Crippen LogP contribution is -2.65. The van der Waals surface area contributed by atoms with Gasteiger partial charge in [0.05, 0.1) is 43.5 Å². The second-order valence-electron chi connectivity index (χ2n) is 29.4. The largest absolute Gasteiger partial charge is 0.311 e. The van der Waals surface area contributed by atoms with E-state index >= 15 is 0 Å².